The Labute approximate surface area is 135 Å². The molecular formula is C16H12N2S3. The summed E-state index contributed by atoms with van der Waals surface area (Å²) in [4.78, 5) is 3.78. The maximum Gasteiger partial charge on any atom is 0.0900 e. The summed E-state index contributed by atoms with van der Waals surface area (Å²) >= 11 is 5.25. The van der Waals surface area contributed by atoms with Crippen LogP contribution in [0.1, 0.15) is 20.5 Å². The quantitative estimate of drug-likeness (QED) is 0.718. The Hall–Kier alpha value is -1.69. The third-order valence-corrected chi connectivity index (χ3v) is 6.09. The molecule has 1 unspecified atom stereocenters. The largest absolute Gasteiger partial charge is 0.277 e. The zero-order valence-corrected chi connectivity index (χ0v) is 13.5. The Balaban J connectivity index is 1.77. The lowest BCUT2D eigenvalue weighted by Gasteiger charge is -2.21. The first-order chi connectivity index (χ1) is 10.4. The molecule has 3 aromatic rings. The molecule has 0 saturated carbocycles. The van der Waals surface area contributed by atoms with E-state index in [1.165, 1.54) is 14.6 Å². The van der Waals surface area contributed by atoms with Crippen molar-refractivity contribution in [3.05, 3.63) is 73.2 Å². The summed E-state index contributed by atoms with van der Waals surface area (Å²) in [6, 6.07) is 12.7. The van der Waals surface area contributed by atoms with Crippen LogP contribution in [0.2, 0.25) is 0 Å². The molecule has 1 atom stereocenters. The van der Waals surface area contributed by atoms with Crippen molar-refractivity contribution in [2.45, 2.75) is 5.92 Å². The number of hydrogen-bond donors (Lipinski definition) is 1. The van der Waals surface area contributed by atoms with Gasteiger partial charge in [0, 0.05) is 4.88 Å². The van der Waals surface area contributed by atoms with Gasteiger partial charge in [0.25, 0.3) is 0 Å². The third-order valence-electron chi connectivity index (χ3n) is 3.33. The number of hydrazone groups is 1. The molecule has 5 heteroatoms. The zero-order valence-electron chi connectivity index (χ0n) is 11.0. The van der Waals surface area contributed by atoms with E-state index in [1.807, 2.05) is 0 Å². The van der Waals surface area contributed by atoms with Gasteiger partial charge in [-0.05, 0) is 40.4 Å². The van der Waals surface area contributed by atoms with Crippen molar-refractivity contribution in [1.29, 1.82) is 0 Å². The Morgan fingerprint density at radius 1 is 0.857 bits per heavy atom. The Kier molecular flexibility index (Phi) is 3.47. The predicted octanol–water partition coefficient (Wildman–Crippen LogP) is 5.00. The molecule has 2 nitrogen and oxygen atoms in total. The second-order valence-corrected chi connectivity index (χ2v) is 7.51. The minimum absolute atomic E-state index is 0.224. The van der Waals surface area contributed by atoms with Gasteiger partial charge in [0.2, 0.25) is 0 Å². The normalized spacial score (nSPS) is 18.0. The van der Waals surface area contributed by atoms with Crippen molar-refractivity contribution in [2.24, 2.45) is 5.10 Å². The molecule has 1 N–H and O–H groups in total. The van der Waals surface area contributed by atoms with Crippen LogP contribution >= 0.6 is 34.0 Å². The van der Waals surface area contributed by atoms with Crippen LogP contribution < -0.4 is 5.43 Å². The highest BCUT2D eigenvalue weighted by Crippen LogP contribution is 2.34. The molecule has 1 aliphatic rings. The van der Waals surface area contributed by atoms with E-state index in [2.05, 4.69) is 69.1 Å². The highest BCUT2D eigenvalue weighted by Gasteiger charge is 2.24. The average Bonchev–Trinajstić information content (AvgIpc) is 3.28. The molecule has 4 rings (SSSR count). The molecule has 0 spiro atoms. The molecule has 21 heavy (non-hydrogen) atoms. The lowest BCUT2D eigenvalue weighted by atomic mass is 9.97. The Bertz CT molecular complexity index is 766. The van der Waals surface area contributed by atoms with Crippen molar-refractivity contribution >= 4 is 45.4 Å². The maximum absolute atomic E-state index is 4.67. The Morgan fingerprint density at radius 3 is 2.24 bits per heavy atom. The van der Waals surface area contributed by atoms with E-state index < -0.39 is 0 Å². The first kappa shape index (κ1) is 13.0. The molecule has 0 aliphatic carbocycles. The first-order valence-electron chi connectivity index (χ1n) is 6.58. The smallest absolute Gasteiger partial charge is 0.0900 e. The predicted molar refractivity (Wildman–Crippen MR) is 93.3 cm³/mol. The van der Waals surface area contributed by atoms with Crippen LogP contribution in [0, 0.1) is 0 Å². The van der Waals surface area contributed by atoms with Gasteiger partial charge in [-0.3, -0.25) is 5.43 Å². The number of allylic oxidation sites excluding steroid dienone is 1. The molecule has 0 radical (unpaired) electrons. The van der Waals surface area contributed by atoms with Gasteiger partial charge in [-0.1, -0.05) is 18.2 Å². The molecular weight excluding hydrogens is 316 g/mol. The molecule has 104 valence electrons. The number of nitrogens with one attached hydrogen (secondary N) is 1. The van der Waals surface area contributed by atoms with Crippen molar-refractivity contribution in [1.82, 2.24) is 5.43 Å². The number of nitrogens with zero attached hydrogens (tertiary/aromatic N) is 1. The van der Waals surface area contributed by atoms with E-state index >= 15 is 0 Å². The maximum atomic E-state index is 4.67. The molecule has 0 amide bonds. The highest BCUT2D eigenvalue weighted by molar-refractivity contribution is 7.12. The van der Waals surface area contributed by atoms with Crippen LogP contribution in [-0.2, 0) is 0 Å². The van der Waals surface area contributed by atoms with Gasteiger partial charge in [-0.2, -0.15) is 5.10 Å². The van der Waals surface area contributed by atoms with Crippen molar-refractivity contribution in [3.8, 4) is 0 Å². The molecule has 3 aromatic heterocycles. The second kappa shape index (κ2) is 5.60. The fraction of sp³-hybridized carbons (Fsp3) is 0.0625. The molecule has 0 saturated heterocycles. The standard InChI is InChI=1S/C16H12N2S3/c1-4-13(19-7-1)11-10-12(14-5-2-8-20-14)17-18-16(11)15-6-3-9-21-15/h1-11,17H. The monoisotopic (exact) mass is 328 g/mol. The van der Waals surface area contributed by atoms with Gasteiger partial charge < -0.3 is 0 Å². The van der Waals surface area contributed by atoms with Gasteiger partial charge in [-0.25, -0.2) is 0 Å². The van der Waals surface area contributed by atoms with Crippen molar-refractivity contribution in [2.75, 3.05) is 0 Å². The third kappa shape index (κ3) is 2.48. The summed E-state index contributed by atoms with van der Waals surface area (Å²) < 4.78 is 0. The molecule has 4 heterocycles. The highest BCUT2D eigenvalue weighted by atomic mass is 32.1. The lowest BCUT2D eigenvalue weighted by Crippen LogP contribution is -2.21. The van der Waals surface area contributed by atoms with E-state index in [0.717, 1.165) is 11.4 Å². The van der Waals surface area contributed by atoms with Gasteiger partial charge >= 0.3 is 0 Å². The summed E-state index contributed by atoms with van der Waals surface area (Å²) in [5.74, 6) is 0.224. The number of rotatable bonds is 3. The molecule has 1 aliphatic heterocycles. The SMILES string of the molecule is C1=C(c2cccs2)NN=C(c2cccs2)C1c1cccs1. The van der Waals surface area contributed by atoms with Crippen molar-refractivity contribution in [3.63, 3.8) is 0 Å². The number of hydrogen-bond acceptors (Lipinski definition) is 5. The van der Waals surface area contributed by atoms with Gasteiger partial charge in [0.1, 0.15) is 0 Å². The van der Waals surface area contributed by atoms with Crippen LogP contribution in [0.4, 0.5) is 0 Å². The van der Waals surface area contributed by atoms with Gasteiger partial charge in [0.15, 0.2) is 0 Å². The zero-order chi connectivity index (χ0) is 14.1. The van der Waals surface area contributed by atoms with E-state index in [1.54, 1.807) is 34.0 Å². The minimum Gasteiger partial charge on any atom is -0.277 e. The van der Waals surface area contributed by atoms with Crippen LogP contribution in [0.15, 0.2) is 63.7 Å². The summed E-state index contributed by atoms with van der Waals surface area (Å²) in [5.41, 5.74) is 5.43. The molecule has 0 bridgehead atoms. The topological polar surface area (TPSA) is 24.4 Å². The van der Waals surface area contributed by atoms with Gasteiger partial charge in [-0.15, -0.1) is 34.0 Å². The summed E-state index contributed by atoms with van der Waals surface area (Å²) in [5, 5.41) is 11.0. The van der Waals surface area contributed by atoms with Crippen LogP contribution in [0.3, 0.4) is 0 Å². The van der Waals surface area contributed by atoms with Crippen molar-refractivity contribution < 1.29 is 0 Å². The fourth-order valence-corrected chi connectivity index (χ4v) is 4.61. The van der Waals surface area contributed by atoms with Crippen LogP contribution in [0.25, 0.3) is 5.70 Å². The molecule has 0 fully saturated rings. The number of thiophene rings is 3. The van der Waals surface area contributed by atoms with E-state index in [4.69, 9.17) is 0 Å². The molecule has 0 aromatic carbocycles. The van der Waals surface area contributed by atoms with E-state index in [0.29, 0.717) is 0 Å². The second-order valence-electron chi connectivity index (χ2n) is 4.64. The summed E-state index contributed by atoms with van der Waals surface area (Å²) in [7, 11) is 0. The summed E-state index contributed by atoms with van der Waals surface area (Å²) in [6.07, 6.45) is 2.29. The van der Waals surface area contributed by atoms with Crippen LogP contribution in [-0.4, -0.2) is 5.71 Å². The van der Waals surface area contributed by atoms with E-state index in [-0.39, 0.29) is 5.92 Å². The van der Waals surface area contributed by atoms with Gasteiger partial charge in [0.05, 0.1) is 27.1 Å². The fourth-order valence-electron chi connectivity index (χ4n) is 2.36. The first-order valence-corrected chi connectivity index (χ1v) is 9.22. The average molecular weight is 328 g/mol. The summed E-state index contributed by atoms with van der Waals surface area (Å²) in [6.45, 7) is 0. The Morgan fingerprint density at radius 2 is 1.57 bits per heavy atom. The van der Waals surface area contributed by atoms with Crippen LogP contribution in [0.5, 0.6) is 0 Å². The van der Waals surface area contributed by atoms with E-state index in [9.17, 15) is 0 Å². The minimum atomic E-state index is 0.224. The lowest BCUT2D eigenvalue weighted by molar-refractivity contribution is 0.935.